The van der Waals surface area contributed by atoms with Gasteiger partial charge in [-0.1, -0.05) is 0 Å². The van der Waals surface area contributed by atoms with E-state index in [1.807, 2.05) is 0 Å². The molecule has 3 unspecified atom stereocenters. The average molecular weight is 198 g/mol. The lowest BCUT2D eigenvalue weighted by Gasteiger charge is -2.12. The first-order chi connectivity index (χ1) is 6.54. The molecule has 14 heavy (non-hydrogen) atoms. The molecule has 0 spiro atoms. The largest absolute Gasteiger partial charge is 0.480 e. The fourth-order valence-corrected chi connectivity index (χ4v) is 2.12. The highest BCUT2D eigenvalue weighted by Gasteiger charge is 2.55. The fraction of sp³-hybridized carbons (Fsp3) is 0.625. The van der Waals surface area contributed by atoms with Crippen LogP contribution in [0.15, 0.2) is 0 Å². The second-order valence-corrected chi connectivity index (χ2v) is 3.59. The minimum atomic E-state index is -1.08. The zero-order valence-corrected chi connectivity index (χ0v) is 7.56. The Morgan fingerprint density at radius 2 is 2.14 bits per heavy atom. The first kappa shape index (κ1) is 9.14. The Morgan fingerprint density at radius 1 is 1.50 bits per heavy atom. The number of carbonyl (C=O) groups excluding carboxylic acids is 2. The molecule has 76 valence electrons. The monoisotopic (exact) mass is 198 g/mol. The van der Waals surface area contributed by atoms with Crippen molar-refractivity contribution >= 4 is 17.8 Å². The molecule has 0 aliphatic carbocycles. The third-order valence-electron chi connectivity index (χ3n) is 2.88. The standard InChI is InChI=1S/C8H10N2O4/c1-10-6(11)3-2-9-5(8(13)14)4(3)7(10)12/h3-5,9H,2H2,1H3,(H,13,14). The van der Waals surface area contributed by atoms with E-state index in [1.54, 1.807) is 0 Å². The lowest BCUT2D eigenvalue weighted by Crippen LogP contribution is -2.41. The van der Waals surface area contributed by atoms with Crippen LogP contribution in [0.4, 0.5) is 0 Å². The van der Waals surface area contributed by atoms with E-state index in [0.29, 0.717) is 0 Å². The van der Waals surface area contributed by atoms with Crippen LogP contribution in [-0.2, 0) is 14.4 Å². The zero-order chi connectivity index (χ0) is 10.5. The summed E-state index contributed by atoms with van der Waals surface area (Å²) < 4.78 is 0. The summed E-state index contributed by atoms with van der Waals surface area (Å²) in [5.74, 6) is -2.96. The van der Waals surface area contributed by atoms with Crippen LogP contribution in [-0.4, -0.2) is 47.4 Å². The Balaban J connectivity index is 2.31. The number of amides is 2. The normalized spacial score (nSPS) is 36.4. The summed E-state index contributed by atoms with van der Waals surface area (Å²) in [6, 6.07) is -0.915. The highest BCUT2D eigenvalue weighted by Crippen LogP contribution is 2.32. The topological polar surface area (TPSA) is 86.7 Å². The molecule has 0 aromatic rings. The molecule has 2 fully saturated rings. The predicted molar refractivity (Wildman–Crippen MR) is 44.2 cm³/mol. The molecule has 0 aromatic heterocycles. The number of carboxylic acids is 1. The molecular weight excluding hydrogens is 188 g/mol. The van der Waals surface area contributed by atoms with Gasteiger partial charge in [0.1, 0.15) is 6.04 Å². The van der Waals surface area contributed by atoms with Gasteiger partial charge in [0.05, 0.1) is 11.8 Å². The summed E-state index contributed by atoms with van der Waals surface area (Å²) in [4.78, 5) is 34.7. The molecule has 3 atom stereocenters. The van der Waals surface area contributed by atoms with E-state index in [1.165, 1.54) is 7.05 Å². The summed E-state index contributed by atoms with van der Waals surface area (Å²) in [5.41, 5.74) is 0. The Bertz CT molecular complexity index is 325. The number of carboxylic acid groups (broad SMARTS) is 1. The molecule has 0 radical (unpaired) electrons. The molecule has 2 amide bonds. The van der Waals surface area contributed by atoms with Crippen molar-refractivity contribution in [2.24, 2.45) is 11.8 Å². The van der Waals surface area contributed by atoms with E-state index < -0.39 is 29.8 Å². The van der Waals surface area contributed by atoms with Crippen molar-refractivity contribution in [2.75, 3.05) is 13.6 Å². The first-order valence-corrected chi connectivity index (χ1v) is 4.31. The van der Waals surface area contributed by atoms with E-state index in [0.717, 1.165) is 4.90 Å². The third-order valence-corrected chi connectivity index (χ3v) is 2.88. The number of nitrogens with zero attached hydrogens (tertiary/aromatic N) is 1. The van der Waals surface area contributed by atoms with Crippen molar-refractivity contribution in [1.29, 1.82) is 0 Å². The molecule has 2 aliphatic heterocycles. The third kappa shape index (κ3) is 0.971. The number of likely N-dealkylation sites (tertiary alicyclic amines) is 1. The number of rotatable bonds is 1. The van der Waals surface area contributed by atoms with E-state index in [-0.39, 0.29) is 12.5 Å². The van der Waals surface area contributed by atoms with Crippen LogP contribution in [0.25, 0.3) is 0 Å². The highest BCUT2D eigenvalue weighted by molar-refractivity contribution is 6.07. The van der Waals surface area contributed by atoms with Crippen LogP contribution in [0.2, 0.25) is 0 Å². The molecular formula is C8H10N2O4. The summed E-state index contributed by atoms with van der Waals surface area (Å²) in [6.07, 6.45) is 0. The molecule has 0 saturated carbocycles. The van der Waals surface area contributed by atoms with Crippen molar-refractivity contribution in [2.45, 2.75) is 6.04 Å². The first-order valence-electron chi connectivity index (χ1n) is 4.31. The minimum Gasteiger partial charge on any atom is -0.480 e. The van der Waals surface area contributed by atoms with Gasteiger partial charge in [-0.3, -0.25) is 19.3 Å². The minimum absolute atomic E-state index is 0.274. The number of aliphatic carboxylic acids is 1. The van der Waals surface area contributed by atoms with Gasteiger partial charge in [0, 0.05) is 13.6 Å². The van der Waals surface area contributed by atoms with Crippen LogP contribution in [0.3, 0.4) is 0 Å². The zero-order valence-electron chi connectivity index (χ0n) is 7.56. The Hall–Kier alpha value is -1.43. The van der Waals surface area contributed by atoms with Crippen LogP contribution in [0.5, 0.6) is 0 Å². The molecule has 2 rings (SSSR count). The lowest BCUT2D eigenvalue weighted by molar-refractivity contribution is -0.145. The van der Waals surface area contributed by atoms with E-state index in [4.69, 9.17) is 5.11 Å². The van der Waals surface area contributed by atoms with Crippen molar-refractivity contribution in [1.82, 2.24) is 10.2 Å². The Morgan fingerprint density at radius 3 is 2.71 bits per heavy atom. The van der Waals surface area contributed by atoms with Crippen LogP contribution in [0, 0.1) is 11.8 Å². The number of imide groups is 1. The summed E-state index contributed by atoms with van der Waals surface area (Å²) in [6.45, 7) is 0.274. The van der Waals surface area contributed by atoms with E-state index in [2.05, 4.69) is 5.32 Å². The summed E-state index contributed by atoms with van der Waals surface area (Å²) in [7, 11) is 1.39. The number of carbonyl (C=O) groups is 3. The predicted octanol–water partition coefficient (Wildman–Crippen LogP) is -1.73. The highest BCUT2D eigenvalue weighted by atomic mass is 16.4. The molecule has 0 bridgehead atoms. The molecule has 6 nitrogen and oxygen atoms in total. The van der Waals surface area contributed by atoms with Gasteiger partial charge < -0.3 is 10.4 Å². The summed E-state index contributed by atoms with van der Waals surface area (Å²) in [5, 5.41) is 11.5. The Kier molecular flexibility index (Phi) is 1.81. The molecule has 2 heterocycles. The van der Waals surface area contributed by atoms with Crippen LogP contribution >= 0.6 is 0 Å². The molecule has 2 aliphatic rings. The van der Waals surface area contributed by atoms with E-state index >= 15 is 0 Å². The van der Waals surface area contributed by atoms with Gasteiger partial charge in [-0.2, -0.15) is 0 Å². The second kappa shape index (κ2) is 2.78. The Labute approximate surface area is 79.9 Å². The molecule has 2 N–H and O–H groups in total. The summed E-state index contributed by atoms with van der Waals surface area (Å²) >= 11 is 0. The van der Waals surface area contributed by atoms with E-state index in [9.17, 15) is 14.4 Å². The van der Waals surface area contributed by atoms with Gasteiger partial charge in [0.15, 0.2) is 0 Å². The second-order valence-electron chi connectivity index (χ2n) is 3.59. The van der Waals surface area contributed by atoms with Crippen molar-refractivity contribution < 1.29 is 19.5 Å². The smallest absolute Gasteiger partial charge is 0.321 e. The number of hydrogen-bond acceptors (Lipinski definition) is 4. The van der Waals surface area contributed by atoms with Crippen molar-refractivity contribution in [3.8, 4) is 0 Å². The van der Waals surface area contributed by atoms with Crippen molar-refractivity contribution in [3.05, 3.63) is 0 Å². The van der Waals surface area contributed by atoms with Gasteiger partial charge >= 0.3 is 5.97 Å². The maximum Gasteiger partial charge on any atom is 0.321 e. The van der Waals surface area contributed by atoms with Gasteiger partial charge in [0.2, 0.25) is 11.8 Å². The maximum atomic E-state index is 11.5. The van der Waals surface area contributed by atoms with Gasteiger partial charge in [-0.25, -0.2) is 0 Å². The van der Waals surface area contributed by atoms with Gasteiger partial charge in [-0.15, -0.1) is 0 Å². The molecule has 6 heteroatoms. The average Bonchev–Trinajstić information content (AvgIpc) is 2.64. The molecule has 2 saturated heterocycles. The van der Waals surface area contributed by atoms with Gasteiger partial charge in [-0.05, 0) is 0 Å². The SMILES string of the molecule is CN1C(=O)C2CNC(C(=O)O)C2C1=O. The van der Waals surface area contributed by atoms with Crippen molar-refractivity contribution in [3.63, 3.8) is 0 Å². The number of nitrogens with one attached hydrogen (secondary N) is 1. The van der Waals surface area contributed by atoms with Gasteiger partial charge in [0.25, 0.3) is 0 Å². The number of fused-ring (bicyclic) bond motifs is 1. The quantitative estimate of drug-likeness (QED) is 0.489. The van der Waals surface area contributed by atoms with Crippen LogP contribution in [0.1, 0.15) is 0 Å². The molecule has 0 aromatic carbocycles. The lowest BCUT2D eigenvalue weighted by atomic mass is 9.93. The fourth-order valence-electron chi connectivity index (χ4n) is 2.12. The van der Waals surface area contributed by atoms with Crippen LogP contribution < -0.4 is 5.32 Å². The number of hydrogen-bond donors (Lipinski definition) is 2. The maximum absolute atomic E-state index is 11.5.